The molecular weight excluding hydrogens is 428 g/mol. The molecule has 0 aliphatic carbocycles. The van der Waals surface area contributed by atoms with Gasteiger partial charge in [-0.1, -0.05) is 18.2 Å². The average Bonchev–Trinajstić information content (AvgIpc) is 3.33. The topological polar surface area (TPSA) is 73.7 Å². The van der Waals surface area contributed by atoms with Gasteiger partial charge in [0.2, 0.25) is 5.91 Å². The second-order valence-corrected chi connectivity index (χ2v) is 10.5. The molecule has 3 aliphatic heterocycles. The molecule has 3 atom stereocenters. The summed E-state index contributed by atoms with van der Waals surface area (Å²) in [5.41, 5.74) is 1.56. The molecule has 0 radical (unpaired) electrons. The Morgan fingerprint density at radius 3 is 2.35 bits per heavy atom. The fraction of sp³-hybridized carbons (Fsp3) is 0.654. The van der Waals surface area contributed by atoms with Crippen LogP contribution in [-0.2, 0) is 4.79 Å². The molecule has 1 aromatic carbocycles. The number of carbonyl (C=O) groups is 2. The number of hydrogen-bond acceptors (Lipinski definition) is 5. The molecule has 3 saturated heterocycles. The van der Waals surface area contributed by atoms with Crippen LogP contribution in [0, 0.1) is 0 Å². The number of hydrogen-bond donors (Lipinski definition) is 1. The van der Waals surface area contributed by atoms with E-state index in [1.807, 2.05) is 33.8 Å². The van der Waals surface area contributed by atoms with E-state index in [0.717, 1.165) is 63.0 Å². The molecule has 1 aromatic heterocycles. The van der Waals surface area contributed by atoms with Gasteiger partial charge in [0, 0.05) is 75.7 Å². The van der Waals surface area contributed by atoms with Gasteiger partial charge in [-0.15, -0.1) is 0 Å². The number of rotatable bonds is 6. The minimum Gasteiger partial charge on any atom is -0.348 e. The average molecular weight is 467 g/mol. The Labute approximate surface area is 202 Å². The van der Waals surface area contributed by atoms with E-state index in [9.17, 15) is 9.59 Å². The molecule has 2 amide bonds. The lowest BCUT2D eigenvalue weighted by Gasteiger charge is -2.41. The zero-order valence-corrected chi connectivity index (χ0v) is 20.7. The normalized spacial score (nSPS) is 25.9. The van der Waals surface area contributed by atoms with Gasteiger partial charge in [0.25, 0.3) is 5.91 Å². The van der Waals surface area contributed by atoms with E-state index in [0.29, 0.717) is 17.8 Å². The molecular formula is C26H38N6O2. The fourth-order valence-electron chi connectivity index (χ4n) is 6.20. The predicted octanol–water partition coefficient (Wildman–Crippen LogP) is 2.51. The first kappa shape index (κ1) is 23.3. The number of aromatic nitrogens is 2. The van der Waals surface area contributed by atoms with Crippen molar-refractivity contribution in [2.45, 2.75) is 70.6 Å². The van der Waals surface area contributed by atoms with Crippen molar-refractivity contribution in [3.63, 3.8) is 0 Å². The fourth-order valence-corrected chi connectivity index (χ4v) is 6.20. The summed E-state index contributed by atoms with van der Waals surface area (Å²) in [6.45, 7) is 11.6. The smallest absolute Gasteiger partial charge is 0.272 e. The number of piperidine rings is 1. The molecule has 3 aliphatic rings. The number of benzene rings is 1. The van der Waals surface area contributed by atoms with Crippen molar-refractivity contribution in [3.8, 4) is 0 Å². The van der Waals surface area contributed by atoms with Gasteiger partial charge in [0.05, 0.1) is 5.52 Å². The summed E-state index contributed by atoms with van der Waals surface area (Å²) in [5, 5.41) is 8.95. The maximum Gasteiger partial charge on any atom is 0.272 e. The number of piperazine rings is 1. The van der Waals surface area contributed by atoms with Crippen molar-refractivity contribution < 1.29 is 9.59 Å². The highest BCUT2D eigenvalue weighted by Gasteiger charge is 2.41. The molecule has 0 saturated carbocycles. The Balaban J connectivity index is 1.17. The molecule has 5 rings (SSSR count). The number of para-hydroxylation sites is 1. The molecule has 34 heavy (non-hydrogen) atoms. The Morgan fingerprint density at radius 2 is 1.71 bits per heavy atom. The molecule has 1 N–H and O–H groups in total. The van der Waals surface area contributed by atoms with Gasteiger partial charge in [-0.3, -0.25) is 24.1 Å². The highest BCUT2D eigenvalue weighted by molar-refractivity contribution is 6.05. The standard InChI is InChI=1S/C26H38N6O2/c1-18(2)32-24-7-5-4-6-23(24)25(28-32)26(34)27-20-16-21-8-9-22(17-20)31(21)15-12-29-10-13-30(14-11-29)19(3)33/h4-7,18,20-22H,8-17H2,1-3H3,(H,27,34)/t20?,21-,22+. The minimum atomic E-state index is -0.0446. The highest BCUT2D eigenvalue weighted by atomic mass is 16.2. The third-order valence-corrected chi connectivity index (χ3v) is 8.03. The van der Waals surface area contributed by atoms with E-state index >= 15 is 0 Å². The Bertz CT molecular complexity index is 1030. The molecule has 3 fully saturated rings. The van der Waals surface area contributed by atoms with Crippen LogP contribution >= 0.6 is 0 Å². The number of fused-ring (bicyclic) bond motifs is 3. The van der Waals surface area contributed by atoms with Crippen molar-refractivity contribution in [1.82, 2.24) is 29.8 Å². The van der Waals surface area contributed by atoms with Crippen LogP contribution in [-0.4, -0.2) is 93.7 Å². The lowest BCUT2D eigenvalue weighted by atomic mass is 9.97. The summed E-state index contributed by atoms with van der Waals surface area (Å²) in [4.78, 5) is 31.9. The van der Waals surface area contributed by atoms with Crippen LogP contribution in [0.3, 0.4) is 0 Å². The van der Waals surface area contributed by atoms with E-state index in [1.54, 1.807) is 6.92 Å². The minimum absolute atomic E-state index is 0.0446. The quantitative estimate of drug-likeness (QED) is 0.708. The zero-order chi connectivity index (χ0) is 23.8. The summed E-state index contributed by atoms with van der Waals surface area (Å²) < 4.78 is 1.95. The van der Waals surface area contributed by atoms with E-state index in [1.165, 1.54) is 12.8 Å². The predicted molar refractivity (Wildman–Crippen MR) is 133 cm³/mol. The van der Waals surface area contributed by atoms with Crippen molar-refractivity contribution >= 4 is 22.7 Å². The van der Waals surface area contributed by atoms with Crippen LogP contribution < -0.4 is 5.32 Å². The first-order valence-corrected chi connectivity index (χ1v) is 12.9. The van der Waals surface area contributed by atoms with Crippen molar-refractivity contribution in [1.29, 1.82) is 0 Å². The van der Waals surface area contributed by atoms with Crippen LogP contribution in [0.15, 0.2) is 24.3 Å². The first-order chi connectivity index (χ1) is 16.4. The summed E-state index contributed by atoms with van der Waals surface area (Å²) in [6, 6.07) is 9.53. The number of carbonyl (C=O) groups excluding carboxylic acids is 2. The summed E-state index contributed by atoms with van der Waals surface area (Å²) in [7, 11) is 0. The van der Waals surface area contributed by atoms with Gasteiger partial charge in [0.15, 0.2) is 5.69 Å². The van der Waals surface area contributed by atoms with Gasteiger partial charge in [-0.05, 0) is 45.6 Å². The number of nitrogens with zero attached hydrogens (tertiary/aromatic N) is 5. The van der Waals surface area contributed by atoms with Crippen LogP contribution in [0.2, 0.25) is 0 Å². The monoisotopic (exact) mass is 466 g/mol. The Kier molecular flexibility index (Phi) is 6.62. The molecule has 2 aromatic rings. The van der Waals surface area contributed by atoms with E-state index < -0.39 is 0 Å². The van der Waals surface area contributed by atoms with Gasteiger partial charge >= 0.3 is 0 Å². The van der Waals surface area contributed by atoms with Crippen molar-refractivity contribution in [2.75, 3.05) is 39.3 Å². The van der Waals surface area contributed by atoms with Gasteiger partial charge < -0.3 is 10.2 Å². The summed E-state index contributed by atoms with van der Waals surface area (Å²) >= 11 is 0. The van der Waals surface area contributed by atoms with Crippen LogP contribution in [0.5, 0.6) is 0 Å². The lowest BCUT2D eigenvalue weighted by Crippen LogP contribution is -2.54. The lowest BCUT2D eigenvalue weighted by molar-refractivity contribution is -0.130. The van der Waals surface area contributed by atoms with Gasteiger partial charge in [-0.25, -0.2) is 0 Å². The largest absolute Gasteiger partial charge is 0.348 e. The summed E-state index contributed by atoms with van der Waals surface area (Å²) in [6.07, 6.45) is 4.48. The number of nitrogens with one attached hydrogen (secondary N) is 1. The molecule has 8 heteroatoms. The molecule has 2 bridgehead atoms. The van der Waals surface area contributed by atoms with Crippen LogP contribution in [0.4, 0.5) is 0 Å². The second-order valence-electron chi connectivity index (χ2n) is 10.5. The second kappa shape index (κ2) is 9.66. The van der Waals surface area contributed by atoms with E-state index in [2.05, 4.69) is 34.1 Å². The van der Waals surface area contributed by atoms with Crippen LogP contribution in [0.1, 0.15) is 63.0 Å². The maximum atomic E-state index is 13.2. The van der Waals surface area contributed by atoms with Crippen LogP contribution in [0.25, 0.3) is 10.9 Å². The molecule has 1 unspecified atom stereocenters. The Hall–Kier alpha value is -2.45. The summed E-state index contributed by atoms with van der Waals surface area (Å²) in [5.74, 6) is 0.141. The van der Waals surface area contributed by atoms with E-state index in [4.69, 9.17) is 0 Å². The maximum absolute atomic E-state index is 13.2. The van der Waals surface area contributed by atoms with Gasteiger partial charge in [-0.2, -0.15) is 5.10 Å². The Morgan fingerprint density at radius 1 is 1.03 bits per heavy atom. The molecule has 8 nitrogen and oxygen atoms in total. The highest BCUT2D eigenvalue weighted by Crippen LogP contribution is 2.35. The first-order valence-electron chi connectivity index (χ1n) is 12.9. The third kappa shape index (κ3) is 4.58. The SMILES string of the molecule is CC(=O)N1CCN(CCN2[C@@H]3CC[C@H]2CC(NC(=O)c2nn(C(C)C)c4ccccc24)C3)CC1. The zero-order valence-electron chi connectivity index (χ0n) is 20.7. The van der Waals surface area contributed by atoms with Crippen molar-refractivity contribution in [2.24, 2.45) is 0 Å². The molecule has 184 valence electrons. The number of amides is 2. The molecule has 0 spiro atoms. The third-order valence-electron chi connectivity index (χ3n) is 8.03. The van der Waals surface area contributed by atoms with Gasteiger partial charge in [0.1, 0.15) is 0 Å². The van der Waals surface area contributed by atoms with Crippen molar-refractivity contribution in [3.05, 3.63) is 30.0 Å². The molecule has 4 heterocycles. The van der Waals surface area contributed by atoms with E-state index in [-0.39, 0.29) is 23.9 Å².